The molecule has 0 aliphatic carbocycles. The summed E-state index contributed by atoms with van der Waals surface area (Å²) in [5, 5.41) is 10.0. The molecule has 0 bridgehead atoms. The Labute approximate surface area is 135 Å². The number of fused-ring (bicyclic) bond motifs is 1. The Morgan fingerprint density at radius 2 is 1.65 bits per heavy atom. The number of hydrogen-bond acceptors (Lipinski definition) is 4. The molecule has 0 aliphatic rings. The molecule has 0 radical (unpaired) electrons. The fourth-order valence-corrected chi connectivity index (χ4v) is 2.27. The number of rotatable bonds is 2. The van der Waals surface area contributed by atoms with Crippen molar-refractivity contribution in [2.24, 2.45) is 0 Å². The van der Waals surface area contributed by atoms with Crippen LogP contribution in [0.4, 0.5) is 4.39 Å². The second-order valence-electron chi connectivity index (χ2n) is 5.17. The van der Waals surface area contributed by atoms with Crippen LogP contribution in [0.3, 0.4) is 0 Å². The average Bonchev–Trinajstić information content (AvgIpc) is 2.56. The summed E-state index contributed by atoms with van der Waals surface area (Å²) in [6, 6.07) is 4.71. The van der Waals surface area contributed by atoms with Gasteiger partial charge < -0.3 is 5.11 Å². The second kappa shape index (κ2) is 7.13. The summed E-state index contributed by atoms with van der Waals surface area (Å²) >= 11 is 0. The highest BCUT2D eigenvalue weighted by Crippen LogP contribution is 2.30. The molecule has 0 atom stereocenters. The van der Waals surface area contributed by atoms with E-state index in [0.717, 1.165) is 0 Å². The minimum Gasteiger partial charge on any atom is -0.506 e. The van der Waals surface area contributed by atoms with E-state index in [1.165, 1.54) is 18.5 Å². The molecule has 0 fully saturated rings. The molecule has 23 heavy (non-hydrogen) atoms. The third-order valence-electron chi connectivity index (χ3n) is 3.30. The Morgan fingerprint density at radius 1 is 0.957 bits per heavy atom. The molecular weight excluding hydrogens is 293 g/mol. The monoisotopic (exact) mass is 313 g/mol. The van der Waals surface area contributed by atoms with E-state index in [-0.39, 0.29) is 17.2 Å². The molecule has 0 unspecified atom stereocenters. The Kier molecular flexibility index (Phi) is 5.21. The average molecular weight is 313 g/mol. The van der Waals surface area contributed by atoms with Crippen molar-refractivity contribution in [1.82, 2.24) is 15.0 Å². The van der Waals surface area contributed by atoms with Gasteiger partial charge in [0.05, 0.1) is 11.2 Å². The first-order valence-corrected chi connectivity index (χ1v) is 7.66. The smallest absolute Gasteiger partial charge is 0.151 e. The van der Waals surface area contributed by atoms with Crippen molar-refractivity contribution in [2.75, 3.05) is 0 Å². The zero-order valence-electron chi connectivity index (χ0n) is 13.7. The summed E-state index contributed by atoms with van der Waals surface area (Å²) in [5.74, 6) is -0.205. The molecule has 1 aromatic carbocycles. The normalized spacial score (nSPS) is 10.5. The number of nitrogens with zero attached hydrogens (tertiary/aromatic N) is 3. The number of hydrogen-bond donors (Lipinski definition) is 1. The summed E-state index contributed by atoms with van der Waals surface area (Å²) in [5.41, 5.74) is 2.58. The SMILES string of the molecule is CC.CC(C)c1ncc(-c2cc(F)c3nccnc3c2)cc1O. The highest BCUT2D eigenvalue weighted by Gasteiger charge is 2.12. The van der Waals surface area contributed by atoms with Crippen molar-refractivity contribution in [2.45, 2.75) is 33.6 Å². The Hall–Kier alpha value is -2.56. The summed E-state index contributed by atoms with van der Waals surface area (Å²) < 4.78 is 14.1. The van der Waals surface area contributed by atoms with Gasteiger partial charge in [-0.3, -0.25) is 9.97 Å². The van der Waals surface area contributed by atoms with Gasteiger partial charge in [-0.2, -0.15) is 0 Å². The standard InChI is InChI=1S/C16H14FN3O.C2H6/c1-9(2)15-14(21)7-11(8-20-15)10-5-12(17)16-13(6-10)18-3-4-19-16;1-2/h3-9,21H,1-2H3;1-2H3. The van der Waals surface area contributed by atoms with Gasteiger partial charge >= 0.3 is 0 Å². The van der Waals surface area contributed by atoms with Crippen LogP contribution in [0.25, 0.3) is 22.2 Å². The zero-order chi connectivity index (χ0) is 17.0. The van der Waals surface area contributed by atoms with E-state index >= 15 is 0 Å². The van der Waals surface area contributed by atoms with E-state index in [1.807, 2.05) is 27.7 Å². The van der Waals surface area contributed by atoms with Gasteiger partial charge in [-0.15, -0.1) is 0 Å². The topological polar surface area (TPSA) is 58.9 Å². The Balaban J connectivity index is 0.000000924. The van der Waals surface area contributed by atoms with E-state index in [0.29, 0.717) is 22.3 Å². The van der Waals surface area contributed by atoms with E-state index in [4.69, 9.17) is 0 Å². The molecule has 0 saturated heterocycles. The van der Waals surface area contributed by atoms with Crippen molar-refractivity contribution < 1.29 is 9.50 Å². The Bertz CT molecular complexity index is 818. The van der Waals surface area contributed by atoms with Crippen LogP contribution in [0.15, 0.2) is 36.8 Å². The number of aromatic nitrogens is 3. The van der Waals surface area contributed by atoms with Crippen LogP contribution in [0.2, 0.25) is 0 Å². The molecule has 3 aromatic rings. The van der Waals surface area contributed by atoms with Gasteiger partial charge in [0.1, 0.15) is 11.3 Å². The largest absolute Gasteiger partial charge is 0.506 e. The highest BCUT2D eigenvalue weighted by molar-refractivity contribution is 5.81. The third kappa shape index (κ3) is 3.44. The zero-order valence-corrected chi connectivity index (χ0v) is 13.7. The van der Waals surface area contributed by atoms with Crippen LogP contribution in [0, 0.1) is 5.82 Å². The van der Waals surface area contributed by atoms with Gasteiger partial charge in [-0.1, -0.05) is 27.7 Å². The first-order valence-electron chi connectivity index (χ1n) is 7.66. The molecule has 4 nitrogen and oxygen atoms in total. The molecule has 2 heterocycles. The van der Waals surface area contributed by atoms with E-state index in [1.54, 1.807) is 18.3 Å². The van der Waals surface area contributed by atoms with Crippen LogP contribution in [-0.2, 0) is 0 Å². The minimum atomic E-state index is -0.442. The first kappa shape index (κ1) is 16.8. The van der Waals surface area contributed by atoms with Crippen molar-refractivity contribution in [1.29, 1.82) is 0 Å². The van der Waals surface area contributed by atoms with Gasteiger partial charge in [-0.25, -0.2) is 9.37 Å². The van der Waals surface area contributed by atoms with Crippen LogP contribution in [0.5, 0.6) is 5.75 Å². The number of pyridine rings is 1. The molecule has 5 heteroatoms. The van der Waals surface area contributed by atoms with Crippen LogP contribution in [0.1, 0.15) is 39.3 Å². The lowest BCUT2D eigenvalue weighted by Gasteiger charge is -2.09. The Morgan fingerprint density at radius 3 is 2.30 bits per heavy atom. The van der Waals surface area contributed by atoms with E-state index in [9.17, 15) is 9.50 Å². The van der Waals surface area contributed by atoms with Crippen LogP contribution in [-0.4, -0.2) is 20.1 Å². The van der Waals surface area contributed by atoms with Gasteiger partial charge in [-0.05, 0) is 29.7 Å². The van der Waals surface area contributed by atoms with Crippen molar-refractivity contribution in [3.8, 4) is 16.9 Å². The summed E-state index contributed by atoms with van der Waals surface area (Å²) in [4.78, 5) is 12.3. The number of aromatic hydroxyl groups is 1. The maximum Gasteiger partial charge on any atom is 0.151 e. The van der Waals surface area contributed by atoms with Crippen molar-refractivity contribution in [3.05, 3.63) is 48.3 Å². The number of halogens is 1. The van der Waals surface area contributed by atoms with Crippen molar-refractivity contribution >= 4 is 11.0 Å². The van der Waals surface area contributed by atoms with E-state index in [2.05, 4.69) is 15.0 Å². The fourth-order valence-electron chi connectivity index (χ4n) is 2.27. The lowest BCUT2D eigenvalue weighted by molar-refractivity contribution is 0.460. The lowest BCUT2D eigenvalue weighted by Crippen LogP contribution is -1.94. The summed E-state index contributed by atoms with van der Waals surface area (Å²) in [6.07, 6.45) is 4.60. The molecule has 2 aromatic heterocycles. The summed E-state index contributed by atoms with van der Waals surface area (Å²) in [6.45, 7) is 7.90. The molecule has 3 rings (SSSR count). The lowest BCUT2D eigenvalue weighted by atomic mass is 10.0. The van der Waals surface area contributed by atoms with E-state index < -0.39 is 5.82 Å². The van der Waals surface area contributed by atoms with Gasteiger partial charge in [0.25, 0.3) is 0 Å². The molecule has 120 valence electrons. The maximum absolute atomic E-state index is 14.1. The predicted molar refractivity (Wildman–Crippen MR) is 89.8 cm³/mol. The molecular formula is C18H20FN3O. The molecule has 0 saturated carbocycles. The van der Waals surface area contributed by atoms with Gasteiger partial charge in [0, 0.05) is 24.2 Å². The fraction of sp³-hybridized carbons (Fsp3) is 0.278. The van der Waals surface area contributed by atoms with Crippen LogP contribution >= 0.6 is 0 Å². The molecule has 0 spiro atoms. The van der Waals surface area contributed by atoms with Gasteiger partial charge in [0.15, 0.2) is 5.82 Å². The third-order valence-corrected chi connectivity index (χ3v) is 3.30. The molecule has 1 N–H and O–H groups in total. The molecule has 0 aliphatic heterocycles. The van der Waals surface area contributed by atoms with Crippen LogP contribution < -0.4 is 0 Å². The number of benzene rings is 1. The van der Waals surface area contributed by atoms with Gasteiger partial charge in [0.2, 0.25) is 0 Å². The van der Waals surface area contributed by atoms with Crippen molar-refractivity contribution in [3.63, 3.8) is 0 Å². The predicted octanol–water partition coefficient (Wildman–Crippen LogP) is 4.69. The minimum absolute atomic E-state index is 0.113. The quantitative estimate of drug-likeness (QED) is 0.746. The molecule has 0 amide bonds. The maximum atomic E-state index is 14.1. The second-order valence-corrected chi connectivity index (χ2v) is 5.17. The first-order chi connectivity index (χ1) is 11.1. The summed E-state index contributed by atoms with van der Waals surface area (Å²) in [7, 11) is 0. The highest BCUT2D eigenvalue weighted by atomic mass is 19.1.